The Bertz CT molecular complexity index is 3410. The van der Waals surface area contributed by atoms with Crippen molar-refractivity contribution in [3.63, 3.8) is 0 Å². The number of hydrogen-bond acceptors (Lipinski definition) is 3. The van der Waals surface area contributed by atoms with Crippen LogP contribution in [0, 0.1) is 0 Å². The first-order chi connectivity index (χ1) is 27.3. The average molecular weight is 700 g/mol. The minimum Gasteiger partial charge on any atom is -0.436 e. The van der Waals surface area contributed by atoms with Crippen LogP contribution in [0.4, 0.5) is 0 Å². The van der Waals surface area contributed by atoms with Gasteiger partial charge in [-0.15, -0.1) is 0 Å². The summed E-state index contributed by atoms with van der Waals surface area (Å²) in [4.78, 5) is 11.1. The van der Waals surface area contributed by atoms with Gasteiger partial charge in [0.15, 0.2) is 5.82 Å². The molecule has 0 atom stereocenters. The van der Waals surface area contributed by atoms with Crippen LogP contribution < -0.4 is 0 Å². The van der Waals surface area contributed by atoms with Gasteiger partial charge in [0.1, 0.15) is 16.8 Å². The van der Waals surface area contributed by atoms with Gasteiger partial charge in [0.05, 0.1) is 16.4 Å². The zero-order valence-corrected chi connectivity index (χ0v) is 29.5. The van der Waals surface area contributed by atoms with Gasteiger partial charge in [0.25, 0.3) is 0 Å². The summed E-state index contributed by atoms with van der Waals surface area (Å²) < 4.78 is 8.84. The van der Waals surface area contributed by atoms with Gasteiger partial charge in [-0.2, -0.15) is 0 Å². The molecular weight excluding hydrogens is 671 g/mol. The molecule has 4 nitrogen and oxygen atoms in total. The van der Waals surface area contributed by atoms with Crippen LogP contribution in [-0.4, -0.2) is 14.5 Å². The van der Waals surface area contributed by atoms with Crippen molar-refractivity contribution < 1.29 is 4.42 Å². The lowest BCUT2D eigenvalue weighted by molar-refractivity contribution is 0.653. The smallest absolute Gasteiger partial charge is 0.247 e. The van der Waals surface area contributed by atoms with Crippen molar-refractivity contribution in [2.75, 3.05) is 0 Å². The van der Waals surface area contributed by atoms with Crippen molar-refractivity contribution in [3.05, 3.63) is 198 Å². The number of nitrogens with zero attached hydrogens (tertiary/aromatic N) is 3. The summed E-state index contributed by atoms with van der Waals surface area (Å²) in [5, 5.41) is 5.69. The normalized spacial score (nSPS) is 13.6. The molecule has 3 heterocycles. The lowest BCUT2D eigenvalue weighted by atomic mass is 9.70. The van der Waals surface area contributed by atoms with Crippen LogP contribution in [-0.2, 0) is 5.41 Å². The molecule has 0 saturated carbocycles. The first-order valence-electron chi connectivity index (χ1n) is 18.8. The summed E-state index contributed by atoms with van der Waals surface area (Å²) in [6.07, 6.45) is 0. The summed E-state index contributed by atoms with van der Waals surface area (Å²) in [7, 11) is 0. The molecule has 2 aliphatic carbocycles. The highest BCUT2D eigenvalue weighted by Crippen LogP contribution is 2.64. The molecular formula is C51H29N3O. The first kappa shape index (κ1) is 29.2. The monoisotopic (exact) mass is 699 g/mol. The molecule has 4 heteroatoms. The highest BCUT2D eigenvalue weighted by molar-refractivity contribution is 6.14. The summed E-state index contributed by atoms with van der Waals surface area (Å²) in [5.41, 5.74) is 15.7. The van der Waals surface area contributed by atoms with Crippen LogP contribution in [0.15, 0.2) is 180 Å². The molecule has 2 aliphatic rings. The average Bonchev–Trinajstić information content (AvgIpc) is 3.96. The Morgan fingerprint density at radius 2 is 1.02 bits per heavy atom. The molecule has 0 amide bonds. The maximum absolute atomic E-state index is 6.51. The van der Waals surface area contributed by atoms with Crippen LogP contribution >= 0.6 is 0 Å². The van der Waals surface area contributed by atoms with Crippen molar-refractivity contribution in [2.45, 2.75) is 5.41 Å². The molecule has 55 heavy (non-hydrogen) atoms. The number of aromatic nitrogens is 3. The Hall–Kier alpha value is -7.30. The third kappa shape index (κ3) is 3.61. The highest BCUT2D eigenvalue weighted by atomic mass is 16.3. The van der Waals surface area contributed by atoms with Gasteiger partial charge in [-0.1, -0.05) is 146 Å². The third-order valence-corrected chi connectivity index (χ3v) is 12.2. The maximum atomic E-state index is 6.51. The molecule has 0 fully saturated rings. The molecule has 0 unspecified atom stereocenters. The van der Waals surface area contributed by atoms with Crippen LogP contribution in [0.3, 0.4) is 0 Å². The van der Waals surface area contributed by atoms with E-state index in [0.29, 0.717) is 5.71 Å². The highest BCUT2D eigenvalue weighted by Gasteiger charge is 2.52. The van der Waals surface area contributed by atoms with E-state index in [4.69, 9.17) is 14.4 Å². The SMILES string of the molecule is c1ccc2c(c1)-c1ccccc1C21c2ccccc2-c2c(-c3nc4oc5ccccc5c4nc3-n3c4ccccc4c4cc5ccccc5cc43)cccc21. The maximum Gasteiger partial charge on any atom is 0.247 e. The zero-order valence-electron chi connectivity index (χ0n) is 29.5. The van der Waals surface area contributed by atoms with E-state index >= 15 is 0 Å². The molecule has 0 N–H and O–H groups in total. The summed E-state index contributed by atoms with van der Waals surface area (Å²) >= 11 is 0. The molecule has 0 radical (unpaired) electrons. The molecule has 3 aromatic heterocycles. The van der Waals surface area contributed by atoms with Gasteiger partial charge in [0, 0.05) is 21.7 Å². The van der Waals surface area contributed by atoms with Crippen molar-refractivity contribution >= 4 is 54.8 Å². The first-order valence-corrected chi connectivity index (χ1v) is 18.8. The molecule has 0 saturated heterocycles. The van der Waals surface area contributed by atoms with E-state index in [0.717, 1.165) is 44.6 Å². The molecule has 13 rings (SSSR count). The van der Waals surface area contributed by atoms with Crippen molar-refractivity contribution in [1.82, 2.24) is 14.5 Å². The summed E-state index contributed by atoms with van der Waals surface area (Å²) in [6, 6.07) is 63.6. The van der Waals surface area contributed by atoms with E-state index in [1.54, 1.807) is 0 Å². The van der Waals surface area contributed by atoms with E-state index in [-0.39, 0.29) is 0 Å². The van der Waals surface area contributed by atoms with Crippen molar-refractivity contribution in [2.24, 2.45) is 0 Å². The second-order valence-electron chi connectivity index (χ2n) is 14.8. The molecule has 1 spiro atoms. The number of para-hydroxylation sites is 2. The molecule has 0 aliphatic heterocycles. The molecule has 254 valence electrons. The molecule has 8 aromatic carbocycles. The lowest BCUT2D eigenvalue weighted by Crippen LogP contribution is -2.25. The van der Waals surface area contributed by atoms with Crippen LogP contribution in [0.1, 0.15) is 22.3 Å². The Morgan fingerprint density at radius 1 is 0.436 bits per heavy atom. The molecule has 0 bridgehead atoms. The van der Waals surface area contributed by atoms with E-state index in [9.17, 15) is 0 Å². The van der Waals surface area contributed by atoms with Gasteiger partial charge >= 0.3 is 0 Å². The Kier molecular flexibility index (Phi) is 5.54. The summed E-state index contributed by atoms with van der Waals surface area (Å²) in [6.45, 7) is 0. The second kappa shape index (κ2) is 10.4. The van der Waals surface area contributed by atoms with E-state index in [1.165, 1.54) is 66.1 Å². The van der Waals surface area contributed by atoms with Crippen molar-refractivity contribution in [3.8, 4) is 39.3 Å². The lowest BCUT2D eigenvalue weighted by Gasteiger charge is -2.30. The second-order valence-corrected chi connectivity index (χ2v) is 14.8. The fourth-order valence-corrected chi connectivity index (χ4v) is 10.1. The summed E-state index contributed by atoms with van der Waals surface area (Å²) in [5.74, 6) is 0.777. The molecule has 11 aromatic rings. The van der Waals surface area contributed by atoms with E-state index < -0.39 is 5.41 Å². The number of fused-ring (bicyclic) bond motifs is 17. The number of furan rings is 1. The van der Waals surface area contributed by atoms with Gasteiger partial charge in [-0.05, 0) is 85.6 Å². The van der Waals surface area contributed by atoms with Crippen LogP contribution in [0.5, 0.6) is 0 Å². The minimum atomic E-state index is -0.474. The standard InChI is InChI=1S/C51H29N3O/c1-2-15-31-29-44-38(28-30(31)14-1)34-18-6-11-26-43(34)54(44)49-47(53-50-48(52-49)36-20-7-12-27-45(36)55-50)37-21-13-25-42-46(37)35-19-5-10-24-41(35)51(42)39-22-8-3-16-32(39)33-17-4-9-23-40(33)51/h1-29H. The Morgan fingerprint density at radius 3 is 1.80 bits per heavy atom. The van der Waals surface area contributed by atoms with E-state index in [1.807, 2.05) is 18.2 Å². The topological polar surface area (TPSA) is 43.9 Å². The quantitative estimate of drug-likeness (QED) is 0.180. The van der Waals surface area contributed by atoms with Crippen LogP contribution in [0.2, 0.25) is 0 Å². The van der Waals surface area contributed by atoms with Gasteiger partial charge in [-0.25, -0.2) is 9.97 Å². The number of hydrogen-bond donors (Lipinski definition) is 0. The van der Waals surface area contributed by atoms with Gasteiger partial charge < -0.3 is 4.42 Å². The predicted octanol–water partition coefficient (Wildman–Crippen LogP) is 12.6. The number of rotatable bonds is 2. The van der Waals surface area contributed by atoms with Crippen molar-refractivity contribution in [1.29, 1.82) is 0 Å². The Balaban J connectivity index is 1.20. The van der Waals surface area contributed by atoms with E-state index in [2.05, 4.69) is 162 Å². The van der Waals surface area contributed by atoms with Gasteiger partial charge in [-0.3, -0.25) is 4.57 Å². The largest absolute Gasteiger partial charge is 0.436 e. The fourth-order valence-electron chi connectivity index (χ4n) is 10.1. The minimum absolute atomic E-state index is 0.474. The van der Waals surface area contributed by atoms with Gasteiger partial charge in [0.2, 0.25) is 5.71 Å². The van der Waals surface area contributed by atoms with Crippen LogP contribution in [0.25, 0.3) is 94.1 Å². The zero-order chi connectivity index (χ0) is 35.8. The fraction of sp³-hybridized carbons (Fsp3) is 0.0196. The predicted molar refractivity (Wildman–Crippen MR) is 223 cm³/mol. The third-order valence-electron chi connectivity index (χ3n) is 12.2. The Labute approximate surface area is 315 Å². The number of benzene rings is 8.